The number of benzene rings is 1. The Kier molecular flexibility index (Phi) is 5.78. The third-order valence-corrected chi connectivity index (χ3v) is 5.78. The summed E-state index contributed by atoms with van der Waals surface area (Å²) in [5, 5.41) is 12.0. The molecule has 0 atom stereocenters. The molecule has 0 fully saturated rings. The van der Waals surface area contributed by atoms with Gasteiger partial charge in [0.25, 0.3) is 0 Å². The Hall–Kier alpha value is -1.83. The number of hydrogen-bond donors (Lipinski definition) is 1. The molecule has 0 aliphatic rings. The van der Waals surface area contributed by atoms with Crippen molar-refractivity contribution in [1.82, 2.24) is 20.1 Å². The summed E-state index contributed by atoms with van der Waals surface area (Å²) in [6, 6.07) is 11.9. The molecule has 130 valence electrons. The van der Waals surface area contributed by atoms with E-state index in [1.54, 1.807) is 0 Å². The van der Waals surface area contributed by atoms with Gasteiger partial charge in [0.1, 0.15) is 0 Å². The van der Waals surface area contributed by atoms with Crippen molar-refractivity contribution < 1.29 is 4.79 Å². The van der Waals surface area contributed by atoms with E-state index in [-0.39, 0.29) is 5.91 Å². The normalized spacial score (nSPS) is 10.8. The van der Waals surface area contributed by atoms with Crippen molar-refractivity contribution in [2.45, 2.75) is 18.6 Å². The summed E-state index contributed by atoms with van der Waals surface area (Å²) in [5.74, 6) is 1.04. The Morgan fingerprint density at radius 2 is 2.16 bits per heavy atom. The Labute approximate surface area is 159 Å². The lowest BCUT2D eigenvalue weighted by molar-refractivity contribution is -0.118. The molecule has 0 saturated heterocycles. The molecule has 0 spiro atoms. The maximum absolute atomic E-state index is 12.0. The van der Waals surface area contributed by atoms with Crippen LogP contribution in [0.1, 0.15) is 10.4 Å². The van der Waals surface area contributed by atoms with Gasteiger partial charge in [-0.1, -0.05) is 47.1 Å². The molecule has 3 rings (SSSR count). The van der Waals surface area contributed by atoms with Crippen LogP contribution in [0.2, 0.25) is 4.34 Å². The maximum atomic E-state index is 12.0. The molecule has 0 unspecified atom stereocenters. The summed E-state index contributed by atoms with van der Waals surface area (Å²) >= 11 is 8.72. The number of thiophene rings is 1. The molecule has 5 nitrogen and oxygen atoms in total. The van der Waals surface area contributed by atoms with E-state index in [1.165, 1.54) is 28.7 Å². The van der Waals surface area contributed by atoms with Crippen molar-refractivity contribution in [2.24, 2.45) is 7.05 Å². The van der Waals surface area contributed by atoms with Crippen LogP contribution in [0.5, 0.6) is 0 Å². The highest BCUT2D eigenvalue weighted by molar-refractivity contribution is 7.99. The smallest absolute Gasteiger partial charge is 0.230 e. The Balaban J connectivity index is 1.57. The van der Waals surface area contributed by atoms with E-state index in [1.807, 2.05) is 48.9 Å². The fraction of sp³-hybridized carbons (Fsp3) is 0.235. The van der Waals surface area contributed by atoms with Crippen molar-refractivity contribution in [2.75, 3.05) is 5.75 Å². The predicted molar refractivity (Wildman–Crippen MR) is 103 cm³/mol. The molecule has 0 bridgehead atoms. The molecule has 0 radical (unpaired) electrons. The highest BCUT2D eigenvalue weighted by Gasteiger charge is 2.13. The van der Waals surface area contributed by atoms with Crippen LogP contribution in [0.3, 0.4) is 0 Å². The van der Waals surface area contributed by atoms with E-state index in [4.69, 9.17) is 11.6 Å². The highest BCUT2D eigenvalue weighted by atomic mass is 35.5. The minimum atomic E-state index is -0.0466. The summed E-state index contributed by atoms with van der Waals surface area (Å²) < 4.78 is 2.63. The third kappa shape index (κ3) is 4.62. The largest absolute Gasteiger partial charge is 0.350 e. The van der Waals surface area contributed by atoms with Gasteiger partial charge in [0, 0.05) is 17.5 Å². The molecule has 0 saturated carbocycles. The second kappa shape index (κ2) is 8.03. The van der Waals surface area contributed by atoms with Crippen LogP contribution in [0, 0.1) is 6.92 Å². The van der Waals surface area contributed by atoms with E-state index in [2.05, 4.69) is 21.6 Å². The van der Waals surface area contributed by atoms with E-state index in [9.17, 15) is 4.79 Å². The summed E-state index contributed by atoms with van der Waals surface area (Å²) in [7, 11) is 1.91. The average molecular weight is 393 g/mol. The van der Waals surface area contributed by atoms with E-state index < -0.39 is 0 Å². The number of carbonyl (C=O) groups excluding carboxylic acids is 1. The summed E-state index contributed by atoms with van der Waals surface area (Å²) in [5.41, 5.74) is 2.18. The SMILES string of the molecule is Cc1cccc(-c2nnc(SCC(=O)NCc3ccc(Cl)s3)n2C)c1. The summed E-state index contributed by atoms with van der Waals surface area (Å²) in [6.07, 6.45) is 0. The zero-order valence-electron chi connectivity index (χ0n) is 13.8. The van der Waals surface area contributed by atoms with Gasteiger partial charge in [0.15, 0.2) is 11.0 Å². The number of hydrogen-bond acceptors (Lipinski definition) is 5. The van der Waals surface area contributed by atoms with Crippen LogP contribution in [-0.4, -0.2) is 26.4 Å². The van der Waals surface area contributed by atoms with Crippen molar-refractivity contribution in [3.63, 3.8) is 0 Å². The first-order valence-electron chi connectivity index (χ1n) is 7.63. The molecule has 1 N–H and O–H groups in total. The Bertz CT molecular complexity index is 890. The lowest BCUT2D eigenvalue weighted by Gasteiger charge is -2.05. The van der Waals surface area contributed by atoms with Crippen molar-refractivity contribution in [1.29, 1.82) is 0 Å². The van der Waals surface area contributed by atoms with Crippen molar-refractivity contribution >= 4 is 40.6 Å². The number of thioether (sulfide) groups is 1. The molecule has 25 heavy (non-hydrogen) atoms. The quantitative estimate of drug-likeness (QED) is 0.646. The second-order valence-corrected chi connectivity index (χ2v) is 8.25. The average Bonchev–Trinajstić information content (AvgIpc) is 3.17. The van der Waals surface area contributed by atoms with E-state index >= 15 is 0 Å². The lowest BCUT2D eigenvalue weighted by Crippen LogP contribution is -2.24. The first-order chi connectivity index (χ1) is 12.0. The molecule has 1 amide bonds. The van der Waals surface area contributed by atoms with E-state index in [0.29, 0.717) is 17.5 Å². The van der Waals surface area contributed by atoms with Crippen LogP contribution in [0.15, 0.2) is 41.6 Å². The highest BCUT2D eigenvalue weighted by Crippen LogP contribution is 2.23. The second-order valence-electron chi connectivity index (χ2n) is 5.51. The molecule has 3 aromatic rings. The number of nitrogens with zero attached hydrogens (tertiary/aromatic N) is 3. The predicted octanol–water partition coefficient (Wildman–Crippen LogP) is 3.91. The summed E-state index contributed by atoms with van der Waals surface area (Å²) in [6.45, 7) is 2.53. The van der Waals surface area contributed by atoms with Gasteiger partial charge in [-0.25, -0.2) is 0 Å². The lowest BCUT2D eigenvalue weighted by atomic mass is 10.1. The minimum absolute atomic E-state index is 0.0466. The fourth-order valence-corrected chi connectivity index (χ4v) is 4.06. The number of aromatic nitrogens is 3. The molecule has 0 aliphatic carbocycles. The molecule has 1 aromatic carbocycles. The van der Waals surface area contributed by atoms with Crippen LogP contribution in [0.25, 0.3) is 11.4 Å². The van der Waals surface area contributed by atoms with Crippen LogP contribution >= 0.6 is 34.7 Å². The molecule has 2 heterocycles. The number of amides is 1. The van der Waals surface area contributed by atoms with E-state index in [0.717, 1.165) is 20.6 Å². The Morgan fingerprint density at radius 1 is 1.32 bits per heavy atom. The van der Waals surface area contributed by atoms with Gasteiger partial charge in [-0.2, -0.15) is 0 Å². The first kappa shape index (κ1) is 18.0. The number of aryl methyl sites for hydroxylation is 1. The number of rotatable bonds is 6. The standard InChI is InChI=1S/C17H17ClN4OS2/c1-11-4-3-5-12(8-11)16-20-21-17(22(16)2)24-10-15(23)19-9-13-6-7-14(18)25-13/h3-8H,9-10H2,1-2H3,(H,19,23). The zero-order chi connectivity index (χ0) is 17.8. The van der Waals surface area contributed by atoms with Gasteiger partial charge >= 0.3 is 0 Å². The maximum Gasteiger partial charge on any atom is 0.230 e. The first-order valence-corrected chi connectivity index (χ1v) is 9.81. The molecule has 0 aliphatic heterocycles. The van der Waals surface area contributed by atoms with Gasteiger partial charge in [-0.3, -0.25) is 4.79 Å². The van der Waals surface area contributed by atoms with Gasteiger partial charge in [-0.05, 0) is 25.1 Å². The number of nitrogens with one attached hydrogen (secondary N) is 1. The number of halogens is 1. The Morgan fingerprint density at radius 3 is 2.88 bits per heavy atom. The van der Waals surface area contributed by atoms with Gasteiger partial charge in [0.2, 0.25) is 5.91 Å². The topological polar surface area (TPSA) is 59.8 Å². The monoisotopic (exact) mass is 392 g/mol. The van der Waals surface area contributed by atoms with Gasteiger partial charge in [0.05, 0.1) is 16.6 Å². The zero-order valence-corrected chi connectivity index (χ0v) is 16.2. The molecular formula is C17H17ClN4OS2. The number of carbonyl (C=O) groups is 1. The van der Waals surface area contributed by atoms with Gasteiger partial charge in [-0.15, -0.1) is 21.5 Å². The van der Waals surface area contributed by atoms with Crippen LogP contribution in [-0.2, 0) is 18.4 Å². The third-order valence-electron chi connectivity index (χ3n) is 3.53. The van der Waals surface area contributed by atoms with Crippen LogP contribution < -0.4 is 5.32 Å². The van der Waals surface area contributed by atoms with Crippen molar-refractivity contribution in [3.05, 3.63) is 51.2 Å². The molecular weight excluding hydrogens is 376 g/mol. The molecule has 8 heteroatoms. The molecule has 2 aromatic heterocycles. The fourth-order valence-electron chi connectivity index (χ4n) is 2.29. The van der Waals surface area contributed by atoms with Crippen LogP contribution in [0.4, 0.5) is 0 Å². The van der Waals surface area contributed by atoms with Gasteiger partial charge < -0.3 is 9.88 Å². The minimum Gasteiger partial charge on any atom is -0.350 e. The van der Waals surface area contributed by atoms with Crippen molar-refractivity contribution in [3.8, 4) is 11.4 Å². The summed E-state index contributed by atoms with van der Waals surface area (Å²) in [4.78, 5) is 13.0.